The summed E-state index contributed by atoms with van der Waals surface area (Å²) in [6.45, 7) is 2.88. The number of amides is 2. The largest absolute Gasteiger partial charge is 0.465 e. The minimum Gasteiger partial charge on any atom is -0.465 e. The van der Waals surface area contributed by atoms with Crippen LogP contribution in [0.5, 0.6) is 0 Å². The van der Waals surface area contributed by atoms with Crippen LogP contribution in [0.15, 0.2) is 72.8 Å². The number of carbonyl (C=O) groups is 2. The van der Waals surface area contributed by atoms with Gasteiger partial charge in [-0.05, 0) is 71.0 Å². The van der Waals surface area contributed by atoms with Crippen LogP contribution < -0.4 is 10.6 Å². The van der Waals surface area contributed by atoms with Gasteiger partial charge in [0.05, 0.1) is 24.8 Å². The van der Waals surface area contributed by atoms with E-state index in [4.69, 9.17) is 9.84 Å². The lowest BCUT2D eigenvalue weighted by Gasteiger charge is -2.18. The molecule has 9 heteroatoms. The number of nitrogens with one attached hydrogen (secondary N) is 2. The first-order chi connectivity index (χ1) is 18.1. The van der Waals surface area contributed by atoms with Crippen molar-refractivity contribution in [2.24, 2.45) is 0 Å². The molecule has 1 aliphatic heterocycles. The second kappa shape index (κ2) is 11.5. The zero-order chi connectivity index (χ0) is 27.3. The standard InChI is InChI=1S/C29H27F3N2O4/c1-18(34-27(35)23-4-2-3-22(15-23)20-11-13-38-14-12-20)19-5-7-21(8-6-19)26-16-25(29(30,31)32)10-9-24(26)17-33-28(36)37/h2-11,15-16,18,33H,12-14,17H2,1H3,(H,34,35)(H,36,37)/t18-/m1/s1. The third-order valence-corrected chi connectivity index (χ3v) is 6.40. The van der Waals surface area contributed by atoms with Crippen molar-refractivity contribution in [3.05, 3.63) is 101 Å². The van der Waals surface area contributed by atoms with Gasteiger partial charge in [-0.15, -0.1) is 0 Å². The summed E-state index contributed by atoms with van der Waals surface area (Å²) in [6, 6.07) is 17.0. The van der Waals surface area contributed by atoms with E-state index in [0.29, 0.717) is 29.9 Å². The van der Waals surface area contributed by atoms with E-state index in [-0.39, 0.29) is 24.1 Å². The average molecular weight is 525 g/mol. The monoisotopic (exact) mass is 524 g/mol. The van der Waals surface area contributed by atoms with Crippen molar-refractivity contribution in [1.29, 1.82) is 0 Å². The normalized spacial score (nSPS) is 14.4. The molecule has 6 nitrogen and oxygen atoms in total. The van der Waals surface area contributed by atoms with Crippen LogP contribution in [0.2, 0.25) is 0 Å². The molecule has 0 bridgehead atoms. The molecule has 1 aliphatic rings. The maximum atomic E-state index is 13.3. The maximum Gasteiger partial charge on any atom is 0.416 e. The van der Waals surface area contributed by atoms with Gasteiger partial charge in [-0.25, -0.2) is 4.79 Å². The van der Waals surface area contributed by atoms with E-state index in [1.54, 1.807) is 30.3 Å². The fourth-order valence-electron chi connectivity index (χ4n) is 4.31. The summed E-state index contributed by atoms with van der Waals surface area (Å²) in [7, 11) is 0. The highest BCUT2D eigenvalue weighted by atomic mass is 19.4. The molecule has 0 aliphatic carbocycles. The molecule has 3 aromatic rings. The highest BCUT2D eigenvalue weighted by molar-refractivity contribution is 5.95. The molecule has 38 heavy (non-hydrogen) atoms. The zero-order valence-corrected chi connectivity index (χ0v) is 20.6. The molecule has 1 atom stereocenters. The lowest BCUT2D eigenvalue weighted by molar-refractivity contribution is -0.137. The number of carbonyl (C=O) groups excluding carboxylic acids is 1. The molecule has 0 radical (unpaired) electrons. The van der Waals surface area contributed by atoms with Crippen LogP contribution in [-0.2, 0) is 17.5 Å². The van der Waals surface area contributed by atoms with E-state index >= 15 is 0 Å². The van der Waals surface area contributed by atoms with Crippen molar-refractivity contribution in [1.82, 2.24) is 10.6 Å². The number of hydrogen-bond acceptors (Lipinski definition) is 3. The molecule has 0 aromatic heterocycles. The predicted octanol–water partition coefficient (Wildman–Crippen LogP) is 6.43. The number of carboxylic acid groups (broad SMARTS) is 1. The molecule has 3 aromatic carbocycles. The van der Waals surface area contributed by atoms with E-state index in [1.165, 1.54) is 6.07 Å². The first kappa shape index (κ1) is 26.9. The minimum atomic E-state index is -4.54. The van der Waals surface area contributed by atoms with Crippen molar-refractivity contribution >= 4 is 17.6 Å². The Balaban J connectivity index is 1.51. The third-order valence-electron chi connectivity index (χ3n) is 6.40. The number of rotatable bonds is 7. The minimum absolute atomic E-state index is 0.139. The molecule has 0 saturated heterocycles. The number of hydrogen-bond donors (Lipinski definition) is 3. The Bertz CT molecular complexity index is 1350. The number of alkyl halides is 3. The van der Waals surface area contributed by atoms with Crippen LogP contribution in [0.25, 0.3) is 16.7 Å². The Hall–Kier alpha value is -4.11. The SMILES string of the molecule is C[C@@H](NC(=O)c1cccc(C2=CCOCC2)c1)c1ccc(-c2cc(C(F)(F)F)ccc2CNC(=O)O)cc1. The Morgan fingerprint density at radius 1 is 1.03 bits per heavy atom. The van der Waals surface area contributed by atoms with Crippen LogP contribution in [0.3, 0.4) is 0 Å². The molecule has 0 fully saturated rings. The molecule has 2 amide bonds. The number of ether oxygens (including phenoxy) is 1. The van der Waals surface area contributed by atoms with Crippen LogP contribution in [0.4, 0.5) is 18.0 Å². The van der Waals surface area contributed by atoms with Gasteiger partial charge in [-0.3, -0.25) is 4.79 Å². The van der Waals surface area contributed by atoms with Gasteiger partial charge in [0.15, 0.2) is 0 Å². The summed E-state index contributed by atoms with van der Waals surface area (Å²) in [5, 5.41) is 14.1. The summed E-state index contributed by atoms with van der Waals surface area (Å²) in [5.41, 5.74) is 3.77. The Kier molecular flexibility index (Phi) is 8.16. The Morgan fingerprint density at radius 3 is 2.45 bits per heavy atom. The van der Waals surface area contributed by atoms with E-state index < -0.39 is 17.8 Å². The number of benzene rings is 3. The van der Waals surface area contributed by atoms with Crippen molar-refractivity contribution in [2.75, 3.05) is 13.2 Å². The van der Waals surface area contributed by atoms with E-state index in [0.717, 1.165) is 35.3 Å². The first-order valence-electron chi connectivity index (χ1n) is 12.1. The van der Waals surface area contributed by atoms with Gasteiger partial charge < -0.3 is 20.5 Å². The van der Waals surface area contributed by atoms with E-state index in [2.05, 4.69) is 10.6 Å². The molecular weight excluding hydrogens is 497 g/mol. The second-order valence-corrected chi connectivity index (χ2v) is 8.98. The van der Waals surface area contributed by atoms with Crippen LogP contribution in [0, 0.1) is 0 Å². The fourth-order valence-corrected chi connectivity index (χ4v) is 4.31. The fraction of sp³-hybridized carbons (Fsp3) is 0.241. The molecule has 0 unspecified atom stereocenters. The molecule has 3 N–H and O–H groups in total. The van der Waals surface area contributed by atoms with Gasteiger partial charge in [-0.1, -0.05) is 48.5 Å². The molecular formula is C29H27F3N2O4. The zero-order valence-electron chi connectivity index (χ0n) is 20.6. The molecule has 0 spiro atoms. The summed E-state index contributed by atoms with van der Waals surface area (Å²) in [6.07, 6.45) is -3.01. The van der Waals surface area contributed by atoms with Crippen molar-refractivity contribution in [3.8, 4) is 11.1 Å². The van der Waals surface area contributed by atoms with Crippen LogP contribution in [-0.4, -0.2) is 30.3 Å². The highest BCUT2D eigenvalue weighted by Gasteiger charge is 2.31. The average Bonchev–Trinajstić information content (AvgIpc) is 2.92. The summed E-state index contributed by atoms with van der Waals surface area (Å²) in [5.74, 6) is -0.240. The molecule has 4 rings (SSSR count). The van der Waals surface area contributed by atoms with E-state index in [1.807, 2.05) is 31.2 Å². The highest BCUT2D eigenvalue weighted by Crippen LogP contribution is 2.34. The van der Waals surface area contributed by atoms with E-state index in [9.17, 15) is 22.8 Å². The quantitative estimate of drug-likeness (QED) is 0.332. The van der Waals surface area contributed by atoms with Gasteiger partial charge in [0, 0.05) is 12.1 Å². The van der Waals surface area contributed by atoms with Crippen molar-refractivity contribution in [2.45, 2.75) is 32.1 Å². The van der Waals surface area contributed by atoms with Crippen molar-refractivity contribution in [3.63, 3.8) is 0 Å². The Morgan fingerprint density at radius 2 is 1.79 bits per heavy atom. The summed E-state index contributed by atoms with van der Waals surface area (Å²) in [4.78, 5) is 23.9. The molecule has 1 heterocycles. The van der Waals surface area contributed by atoms with Gasteiger partial charge in [0.2, 0.25) is 0 Å². The summed E-state index contributed by atoms with van der Waals surface area (Å²) >= 11 is 0. The third kappa shape index (κ3) is 6.60. The molecule has 198 valence electrons. The second-order valence-electron chi connectivity index (χ2n) is 8.98. The van der Waals surface area contributed by atoms with Gasteiger partial charge in [0.1, 0.15) is 0 Å². The van der Waals surface area contributed by atoms with Gasteiger partial charge in [-0.2, -0.15) is 13.2 Å². The smallest absolute Gasteiger partial charge is 0.416 e. The topological polar surface area (TPSA) is 87.7 Å². The number of halogens is 3. The lowest BCUT2D eigenvalue weighted by Crippen LogP contribution is -2.26. The van der Waals surface area contributed by atoms with Gasteiger partial charge >= 0.3 is 12.3 Å². The lowest BCUT2D eigenvalue weighted by atomic mass is 9.95. The first-order valence-corrected chi connectivity index (χ1v) is 12.1. The predicted molar refractivity (Wildman–Crippen MR) is 137 cm³/mol. The van der Waals surface area contributed by atoms with Gasteiger partial charge in [0.25, 0.3) is 5.91 Å². The van der Waals surface area contributed by atoms with Crippen molar-refractivity contribution < 1.29 is 32.6 Å². The summed E-state index contributed by atoms with van der Waals surface area (Å²) < 4.78 is 45.4. The molecule has 0 saturated carbocycles. The maximum absolute atomic E-state index is 13.3. The van der Waals surface area contributed by atoms with Crippen LogP contribution in [0.1, 0.15) is 52.0 Å². The Labute approximate surface area is 218 Å². The van der Waals surface area contributed by atoms with Crippen LogP contribution >= 0.6 is 0 Å².